The molecular weight excluding hydrogens is 482 g/mol. The molecule has 0 spiro atoms. The normalized spacial score (nSPS) is 11.7. The second-order valence-electron chi connectivity index (χ2n) is 8.24. The zero-order chi connectivity index (χ0) is 26.5. The molecule has 0 fully saturated rings. The summed E-state index contributed by atoms with van der Waals surface area (Å²) in [6, 6.07) is 12.2. The Hall–Kier alpha value is -4.80. The van der Waals surface area contributed by atoms with Crippen LogP contribution in [0.3, 0.4) is 0 Å². The first-order valence-corrected chi connectivity index (χ1v) is 11.3. The minimum absolute atomic E-state index is 0.00829. The molecule has 2 aromatic heterocycles. The lowest BCUT2D eigenvalue weighted by molar-refractivity contribution is -0.121. The van der Waals surface area contributed by atoms with Crippen LogP contribution < -0.4 is 15.5 Å². The number of aryl methyl sites for hydroxylation is 1. The maximum Gasteiger partial charge on any atom is 0.251 e. The van der Waals surface area contributed by atoms with Crippen LogP contribution in [-0.4, -0.2) is 45.1 Å². The van der Waals surface area contributed by atoms with Gasteiger partial charge in [0.2, 0.25) is 23.0 Å². The summed E-state index contributed by atoms with van der Waals surface area (Å²) in [5, 5.41) is 41.0. The molecule has 192 valence electrons. The number of nitrogens with one attached hydrogen (secondary N) is 1. The third-order valence-electron chi connectivity index (χ3n) is 5.65. The Morgan fingerprint density at radius 1 is 1.05 bits per heavy atom. The van der Waals surface area contributed by atoms with Crippen molar-refractivity contribution in [3.05, 3.63) is 81.7 Å². The summed E-state index contributed by atoms with van der Waals surface area (Å²) in [6.07, 6.45) is 0.0513. The Morgan fingerprint density at radius 2 is 1.84 bits per heavy atom. The number of amides is 1. The fraction of sp³-hybridized carbons (Fsp3) is 0.231. The largest absolute Gasteiger partial charge is 0.507 e. The van der Waals surface area contributed by atoms with Crippen molar-refractivity contribution >= 4 is 5.91 Å². The van der Waals surface area contributed by atoms with Crippen LogP contribution in [0.1, 0.15) is 35.3 Å². The van der Waals surface area contributed by atoms with Crippen molar-refractivity contribution in [1.29, 1.82) is 0 Å². The number of nitrogens with zero attached hydrogens (tertiary/aromatic N) is 2. The number of hydrogen-bond acceptors (Lipinski definition) is 10. The van der Waals surface area contributed by atoms with E-state index in [9.17, 15) is 24.9 Å². The molecule has 37 heavy (non-hydrogen) atoms. The lowest BCUT2D eigenvalue weighted by atomic mass is 9.91. The molecule has 0 aliphatic rings. The maximum atomic E-state index is 12.9. The van der Waals surface area contributed by atoms with Crippen molar-refractivity contribution in [1.82, 2.24) is 15.5 Å². The van der Waals surface area contributed by atoms with Crippen LogP contribution >= 0.6 is 0 Å². The molecular formula is C26H25N3O8. The van der Waals surface area contributed by atoms with E-state index in [4.69, 9.17) is 13.6 Å². The number of rotatable bonds is 9. The molecule has 4 rings (SSSR count). The second kappa shape index (κ2) is 10.9. The molecule has 1 atom stereocenters. The van der Waals surface area contributed by atoms with Crippen LogP contribution in [0.5, 0.6) is 23.0 Å². The molecule has 4 N–H and O–H groups in total. The van der Waals surface area contributed by atoms with Crippen LogP contribution in [0.2, 0.25) is 0 Å². The first-order chi connectivity index (χ1) is 17.8. The van der Waals surface area contributed by atoms with Crippen LogP contribution in [0.4, 0.5) is 0 Å². The molecule has 2 aromatic carbocycles. The van der Waals surface area contributed by atoms with Gasteiger partial charge in [-0.15, -0.1) is 10.2 Å². The number of benzene rings is 2. The summed E-state index contributed by atoms with van der Waals surface area (Å²) in [5.74, 6) is -1.17. The molecule has 0 saturated heterocycles. The van der Waals surface area contributed by atoms with Gasteiger partial charge in [0.1, 0.15) is 11.5 Å². The smallest absolute Gasteiger partial charge is 0.251 e. The van der Waals surface area contributed by atoms with Gasteiger partial charge in [0, 0.05) is 25.5 Å². The topological polar surface area (TPSA) is 168 Å². The van der Waals surface area contributed by atoms with Gasteiger partial charge in [-0.3, -0.25) is 9.59 Å². The van der Waals surface area contributed by atoms with Gasteiger partial charge in [-0.1, -0.05) is 18.2 Å². The van der Waals surface area contributed by atoms with Crippen molar-refractivity contribution in [3.8, 4) is 34.5 Å². The summed E-state index contributed by atoms with van der Waals surface area (Å²) in [7, 11) is 1.38. The highest BCUT2D eigenvalue weighted by atomic mass is 16.5. The van der Waals surface area contributed by atoms with Crippen molar-refractivity contribution in [2.75, 3.05) is 13.7 Å². The van der Waals surface area contributed by atoms with Crippen molar-refractivity contribution < 1.29 is 33.7 Å². The number of carbonyl (C=O) groups is 1. The molecule has 2 heterocycles. The number of ether oxygens (including phenoxy) is 1. The van der Waals surface area contributed by atoms with E-state index in [-0.39, 0.29) is 59.9 Å². The quantitative estimate of drug-likeness (QED) is 0.264. The third-order valence-corrected chi connectivity index (χ3v) is 5.65. The van der Waals surface area contributed by atoms with E-state index in [1.165, 1.54) is 25.3 Å². The molecule has 0 saturated carbocycles. The van der Waals surface area contributed by atoms with Gasteiger partial charge in [0.15, 0.2) is 17.3 Å². The summed E-state index contributed by atoms with van der Waals surface area (Å²) in [4.78, 5) is 25.1. The average Bonchev–Trinajstić information content (AvgIpc) is 3.34. The average molecular weight is 507 g/mol. The van der Waals surface area contributed by atoms with E-state index < -0.39 is 23.0 Å². The summed E-state index contributed by atoms with van der Waals surface area (Å²) >= 11 is 0. The minimum Gasteiger partial charge on any atom is -0.507 e. The number of phenols is 2. The highest BCUT2D eigenvalue weighted by molar-refractivity contribution is 5.77. The number of phenolic OH excluding ortho intramolecular Hbond substituents is 2. The Kier molecular flexibility index (Phi) is 7.42. The van der Waals surface area contributed by atoms with Crippen LogP contribution in [0, 0.1) is 6.92 Å². The molecule has 0 aliphatic heterocycles. The van der Waals surface area contributed by atoms with Gasteiger partial charge in [0.25, 0.3) is 5.89 Å². The zero-order valence-corrected chi connectivity index (χ0v) is 20.1. The van der Waals surface area contributed by atoms with Crippen LogP contribution in [-0.2, 0) is 11.2 Å². The molecule has 11 nitrogen and oxygen atoms in total. The Balaban J connectivity index is 1.49. The van der Waals surface area contributed by atoms with Gasteiger partial charge in [-0.05, 0) is 36.8 Å². The summed E-state index contributed by atoms with van der Waals surface area (Å²) < 4.78 is 16.4. The Morgan fingerprint density at radius 3 is 2.59 bits per heavy atom. The fourth-order valence-electron chi connectivity index (χ4n) is 3.82. The molecule has 4 aromatic rings. The number of aromatic hydroxyl groups is 3. The van der Waals surface area contributed by atoms with E-state index >= 15 is 0 Å². The number of hydrogen-bond donors (Lipinski definition) is 4. The molecule has 11 heteroatoms. The molecule has 0 bridgehead atoms. The standard InChI is InChI=1S/C26H25N3O8/c1-14-11-20(32)24(34)25(36-14)17(15-7-8-19(31)21(12-15)35-2)13-22(33)27-10-9-23-28-29-26(37-23)16-5-3-4-6-18(16)30/h3-8,11-12,17,30-31,34H,9-10,13H2,1-2H3,(H,27,33)/t17-/m0/s1. The lowest BCUT2D eigenvalue weighted by Crippen LogP contribution is -2.27. The predicted octanol–water partition coefficient (Wildman–Crippen LogP) is 3.00. The molecule has 0 unspecified atom stereocenters. The van der Waals surface area contributed by atoms with Crippen molar-refractivity contribution in [2.24, 2.45) is 0 Å². The number of methoxy groups -OCH3 is 1. The van der Waals surface area contributed by atoms with Crippen LogP contribution in [0.25, 0.3) is 11.5 Å². The monoisotopic (exact) mass is 507 g/mol. The van der Waals surface area contributed by atoms with E-state index in [0.717, 1.165) is 6.07 Å². The number of aromatic nitrogens is 2. The highest BCUT2D eigenvalue weighted by Gasteiger charge is 2.27. The van der Waals surface area contributed by atoms with E-state index in [1.54, 1.807) is 31.2 Å². The van der Waals surface area contributed by atoms with Crippen LogP contribution in [0.15, 0.2) is 62.2 Å². The Bertz CT molecular complexity index is 1480. The van der Waals surface area contributed by atoms with Gasteiger partial charge in [0.05, 0.1) is 18.6 Å². The molecule has 0 radical (unpaired) electrons. The maximum absolute atomic E-state index is 12.9. The highest BCUT2D eigenvalue weighted by Crippen LogP contribution is 2.37. The molecule has 1 amide bonds. The summed E-state index contributed by atoms with van der Waals surface area (Å²) in [6.45, 7) is 1.73. The van der Waals surface area contributed by atoms with Gasteiger partial charge in [-0.25, -0.2) is 0 Å². The zero-order valence-electron chi connectivity index (χ0n) is 20.1. The number of carbonyl (C=O) groups excluding carboxylic acids is 1. The van der Waals surface area contributed by atoms with Gasteiger partial charge < -0.3 is 34.2 Å². The number of para-hydroxylation sites is 1. The lowest BCUT2D eigenvalue weighted by Gasteiger charge is -2.18. The fourth-order valence-corrected chi connectivity index (χ4v) is 3.82. The van der Waals surface area contributed by atoms with E-state index in [0.29, 0.717) is 11.1 Å². The second-order valence-corrected chi connectivity index (χ2v) is 8.24. The van der Waals surface area contributed by atoms with E-state index in [2.05, 4.69) is 15.5 Å². The molecule has 0 aliphatic carbocycles. The van der Waals surface area contributed by atoms with Gasteiger partial charge in [-0.2, -0.15) is 0 Å². The van der Waals surface area contributed by atoms with Crippen molar-refractivity contribution in [3.63, 3.8) is 0 Å². The first kappa shape index (κ1) is 25.3. The Labute approximate surface area is 211 Å². The predicted molar refractivity (Wildman–Crippen MR) is 131 cm³/mol. The SMILES string of the molecule is COc1cc([C@H](CC(=O)NCCc2nnc(-c3ccccc3O)o2)c2oc(C)cc(=O)c2O)ccc1O. The van der Waals surface area contributed by atoms with Crippen molar-refractivity contribution in [2.45, 2.75) is 25.7 Å². The summed E-state index contributed by atoms with van der Waals surface area (Å²) in [5.41, 5.74) is 0.251. The first-order valence-electron chi connectivity index (χ1n) is 11.3. The third kappa shape index (κ3) is 5.72. The minimum atomic E-state index is -0.849. The van der Waals surface area contributed by atoms with Gasteiger partial charge >= 0.3 is 0 Å². The van der Waals surface area contributed by atoms with E-state index in [1.807, 2.05) is 0 Å².